The summed E-state index contributed by atoms with van der Waals surface area (Å²) in [6, 6.07) is 14.8. The summed E-state index contributed by atoms with van der Waals surface area (Å²) in [5, 5.41) is 1.27. The highest BCUT2D eigenvalue weighted by atomic mass is 79.9. The van der Waals surface area contributed by atoms with Crippen LogP contribution in [0.4, 0.5) is 0 Å². The Labute approximate surface area is 194 Å². The Morgan fingerprint density at radius 3 is 2.13 bits per heavy atom. The number of methoxy groups -OCH3 is 1. The van der Waals surface area contributed by atoms with Gasteiger partial charge in [-0.3, -0.25) is 0 Å². The standard InChI is InChI=1S/C25H33BrO2SSi/c1-16(2)30(17(3)4,18(5)6)28-15-22-20-13-12-19(27-7)14-24(20)29-25(22)21-10-8-9-11-23(21)26/h8-14,16-18H,15H2,1-7H3. The lowest BCUT2D eigenvalue weighted by molar-refractivity contribution is 0.268. The molecule has 0 aliphatic rings. The van der Waals surface area contributed by atoms with E-state index in [9.17, 15) is 0 Å². The average molecular weight is 506 g/mol. The van der Waals surface area contributed by atoms with Crippen molar-refractivity contribution in [2.75, 3.05) is 7.11 Å². The molecule has 3 rings (SSSR count). The summed E-state index contributed by atoms with van der Waals surface area (Å²) >= 11 is 5.58. The summed E-state index contributed by atoms with van der Waals surface area (Å²) in [4.78, 5) is 1.28. The van der Waals surface area contributed by atoms with Gasteiger partial charge < -0.3 is 9.16 Å². The Balaban J connectivity index is 2.14. The summed E-state index contributed by atoms with van der Waals surface area (Å²) in [7, 11) is -0.235. The third kappa shape index (κ3) is 4.27. The van der Waals surface area contributed by atoms with Crippen molar-refractivity contribution in [1.82, 2.24) is 0 Å². The SMILES string of the molecule is COc1ccc2c(CO[Si](C(C)C)(C(C)C)C(C)C)c(-c3ccccc3Br)sc2c1. The van der Waals surface area contributed by atoms with Crippen molar-refractivity contribution in [3.05, 3.63) is 52.5 Å². The number of hydrogen-bond donors (Lipinski definition) is 0. The van der Waals surface area contributed by atoms with Gasteiger partial charge in [-0.05, 0) is 46.3 Å². The van der Waals surface area contributed by atoms with E-state index in [2.05, 4.69) is 99.9 Å². The normalized spacial score (nSPS) is 12.5. The van der Waals surface area contributed by atoms with Crippen LogP contribution in [-0.2, 0) is 11.0 Å². The molecule has 1 heterocycles. The molecule has 2 aromatic carbocycles. The van der Waals surface area contributed by atoms with E-state index in [0.717, 1.165) is 10.2 Å². The molecule has 1 aromatic heterocycles. The van der Waals surface area contributed by atoms with E-state index in [1.165, 1.54) is 26.1 Å². The van der Waals surface area contributed by atoms with Crippen LogP contribution in [0.5, 0.6) is 5.75 Å². The third-order valence-electron chi connectivity index (χ3n) is 6.29. The molecule has 0 fully saturated rings. The van der Waals surface area contributed by atoms with Crippen LogP contribution in [0.25, 0.3) is 20.5 Å². The van der Waals surface area contributed by atoms with Crippen molar-refractivity contribution in [1.29, 1.82) is 0 Å². The number of hydrogen-bond acceptors (Lipinski definition) is 3. The topological polar surface area (TPSA) is 18.5 Å². The Hall–Kier alpha value is -1.14. The second-order valence-corrected chi connectivity index (χ2v) is 16.2. The molecule has 0 radical (unpaired) electrons. The van der Waals surface area contributed by atoms with E-state index >= 15 is 0 Å². The second kappa shape index (κ2) is 9.56. The van der Waals surface area contributed by atoms with Gasteiger partial charge in [0.2, 0.25) is 8.32 Å². The monoisotopic (exact) mass is 504 g/mol. The van der Waals surface area contributed by atoms with E-state index < -0.39 is 8.32 Å². The molecule has 2 nitrogen and oxygen atoms in total. The molecule has 5 heteroatoms. The highest BCUT2D eigenvalue weighted by Crippen LogP contribution is 2.46. The number of fused-ring (bicyclic) bond motifs is 1. The molecular formula is C25H33BrO2SSi. The molecule has 0 saturated carbocycles. The molecule has 0 N–H and O–H groups in total. The van der Waals surface area contributed by atoms with E-state index in [-0.39, 0.29) is 0 Å². The van der Waals surface area contributed by atoms with Crippen molar-refractivity contribution < 1.29 is 9.16 Å². The predicted octanol–water partition coefficient (Wildman–Crippen LogP) is 9.03. The van der Waals surface area contributed by atoms with Gasteiger partial charge >= 0.3 is 0 Å². The van der Waals surface area contributed by atoms with Gasteiger partial charge in [0.05, 0.1) is 13.7 Å². The van der Waals surface area contributed by atoms with Crippen molar-refractivity contribution >= 4 is 45.7 Å². The minimum Gasteiger partial charge on any atom is -0.497 e. The van der Waals surface area contributed by atoms with Crippen LogP contribution in [0.1, 0.15) is 47.1 Å². The van der Waals surface area contributed by atoms with E-state index in [0.29, 0.717) is 23.2 Å². The fourth-order valence-electron chi connectivity index (χ4n) is 4.96. The molecule has 0 atom stereocenters. The first-order valence-electron chi connectivity index (χ1n) is 10.7. The fraction of sp³-hybridized carbons (Fsp3) is 0.440. The van der Waals surface area contributed by atoms with Gasteiger partial charge in [-0.2, -0.15) is 0 Å². The second-order valence-electron chi connectivity index (χ2n) is 8.86. The van der Waals surface area contributed by atoms with Gasteiger partial charge in [0.15, 0.2) is 0 Å². The molecule has 0 spiro atoms. The summed E-state index contributed by atoms with van der Waals surface area (Å²) in [5.41, 5.74) is 4.21. The summed E-state index contributed by atoms with van der Waals surface area (Å²) in [5.74, 6) is 0.894. The lowest BCUT2D eigenvalue weighted by Gasteiger charge is -2.42. The number of rotatable bonds is 8. The molecule has 0 unspecified atom stereocenters. The molecule has 0 bridgehead atoms. The molecule has 162 valence electrons. The maximum Gasteiger partial charge on any atom is 0.200 e. The molecule has 0 saturated heterocycles. The summed E-state index contributed by atoms with van der Waals surface area (Å²) in [6.45, 7) is 14.7. The van der Waals surface area contributed by atoms with Crippen molar-refractivity contribution in [2.24, 2.45) is 0 Å². The number of halogens is 1. The summed E-state index contributed by atoms with van der Waals surface area (Å²) < 4.78 is 14.9. The molecule has 0 amide bonds. The minimum absolute atomic E-state index is 0.564. The molecule has 30 heavy (non-hydrogen) atoms. The zero-order valence-corrected chi connectivity index (χ0v) is 22.5. The smallest absolute Gasteiger partial charge is 0.200 e. The molecule has 0 aliphatic carbocycles. The van der Waals surface area contributed by atoms with Crippen LogP contribution in [0.3, 0.4) is 0 Å². The molecule has 3 aromatic rings. The van der Waals surface area contributed by atoms with E-state index in [1.807, 2.05) is 11.3 Å². The summed E-state index contributed by atoms with van der Waals surface area (Å²) in [6.07, 6.45) is 0. The van der Waals surface area contributed by atoms with Crippen LogP contribution in [0.15, 0.2) is 46.9 Å². The maximum atomic E-state index is 7.02. The predicted molar refractivity (Wildman–Crippen MR) is 137 cm³/mol. The van der Waals surface area contributed by atoms with Gasteiger partial charge in [-0.1, -0.05) is 75.7 Å². The lowest BCUT2D eigenvalue weighted by Crippen LogP contribution is -2.47. The van der Waals surface area contributed by atoms with Gasteiger partial charge in [-0.25, -0.2) is 0 Å². The molecule has 0 aliphatic heterocycles. The van der Waals surface area contributed by atoms with E-state index in [4.69, 9.17) is 9.16 Å². The fourth-order valence-corrected chi connectivity index (χ4v) is 12.2. The van der Waals surface area contributed by atoms with Crippen LogP contribution in [-0.4, -0.2) is 15.4 Å². The van der Waals surface area contributed by atoms with Crippen molar-refractivity contribution in [3.63, 3.8) is 0 Å². The number of thiophene rings is 1. The first-order valence-corrected chi connectivity index (χ1v) is 14.5. The number of benzene rings is 2. The highest BCUT2D eigenvalue weighted by Gasteiger charge is 2.45. The Kier molecular flexibility index (Phi) is 7.49. The zero-order valence-electron chi connectivity index (χ0n) is 19.1. The minimum atomic E-state index is -1.96. The van der Waals surface area contributed by atoms with Gasteiger partial charge in [0.1, 0.15) is 5.75 Å². The van der Waals surface area contributed by atoms with Crippen molar-refractivity contribution in [2.45, 2.75) is 64.8 Å². The third-order valence-corrected chi connectivity index (χ3v) is 14.3. The van der Waals surface area contributed by atoms with Gasteiger partial charge in [0.25, 0.3) is 0 Å². The van der Waals surface area contributed by atoms with Crippen LogP contribution < -0.4 is 4.74 Å². The van der Waals surface area contributed by atoms with Gasteiger partial charge in [0, 0.05) is 25.2 Å². The van der Waals surface area contributed by atoms with Crippen LogP contribution in [0, 0.1) is 0 Å². The Bertz CT molecular complexity index is 988. The van der Waals surface area contributed by atoms with E-state index in [1.54, 1.807) is 7.11 Å². The Morgan fingerprint density at radius 1 is 0.933 bits per heavy atom. The average Bonchev–Trinajstić information content (AvgIpc) is 3.05. The van der Waals surface area contributed by atoms with Gasteiger partial charge in [-0.15, -0.1) is 11.3 Å². The van der Waals surface area contributed by atoms with Crippen LogP contribution >= 0.6 is 27.3 Å². The van der Waals surface area contributed by atoms with Crippen LogP contribution in [0.2, 0.25) is 16.6 Å². The zero-order chi connectivity index (χ0) is 22.1. The first-order chi connectivity index (χ1) is 14.2. The Morgan fingerprint density at radius 2 is 1.57 bits per heavy atom. The largest absolute Gasteiger partial charge is 0.497 e. The number of ether oxygens (including phenoxy) is 1. The van der Waals surface area contributed by atoms with Crippen molar-refractivity contribution in [3.8, 4) is 16.2 Å². The lowest BCUT2D eigenvalue weighted by atomic mass is 10.1. The molecular weight excluding hydrogens is 472 g/mol. The highest BCUT2D eigenvalue weighted by molar-refractivity contribution is 9.10. The first kappa shape index (κ1) is 23.5. The maximum absolute atomic E-state index is 7.02. The quantitative estimate of drug-likeness (QED) is 0.284.